The quantitative estimate of drug-likeness (QED) is 0.864. The first-order chi connectivity index (χ1) is 9.69. The first kappa shape index (κ1) is 14.0. The monoisotopic (exact) mass is 312 g/mol. The highest BCUT2D eigenvalue weighted by Crippen LogP contribution is 2.41. The Labute approximate surface area is 127 Å². The zero-order chi connectivity index (χ0) is 14.0. The normalized spacial score (nSPS) is 21.1. The molecular weight excluding hydrogens is 296 g/mol. The highest BCUT2D eigenvalue weighted by molar-refractivity contribution is 8.00. The average molecular weight is 313 g/mol. The van der Waals surface area contributed by atoms with Crippen molar-refractivity contribution in [3.8, 4) is 0 Å². The van der Waals surface area contributed by atoms with E-state index in [-0.39, 0.29) is 11.0 Å². The molecule has 1 N–H and O–H groups in total. The van der Waals surface area contributed by atoms with Gasteiger partial charge in [0, 0.05) is 31.7 Å². The second kappa shape index (κ2) is 5.84. The number of para-hydroxylation sites is 1. The molecule has 1 aromatic carbocycles. The van der Waals surface area contributed by atoms with Gasteiger partial charge in [0.05, 0.1) is 17.3 Å². The number of thioether (sulfide) groups is 1. The number of likely N-dealkylation sites (tertiary alicyclic amines) is 1. The third kappa shape index (κ3) is 2.90. The molecule has 20 heavy (non-hydrogen) atoms. The molecule has 0 unspecified atom stereocenters. The van der Waals surface area contributed by atoms with E-state index in [0.717, 1.165) is 38.3 Å². The van der Waals surface area contributed by atoms with E-state index < -0.39 is 0 Å². The topological polar surface area (TPSA) is 41.6 Å². The van der Waals surface area contributed by atoms with Crippen LogP contribution in [0, 0.1) is 0 Å². The largest absolute Gasteiger partial charge is 0.363 e. The molecule has 4 nitrogen and oxygen atoms in total. The third-order valence-electron chi connectivity index (χ3n) is 3.74. The van der Waals surface area contributed by atoms with Crippen molar-refractivity contribution in [2.24, 2.45) is 0 Å². The van der Waals surface area contributed by atoms with E-state index in [1.807, 2.05) is 34.9 Å². The van der Waals surface area contributed by atoms with Crippen LogP contribution in [0.3, 0.4) is 0 Å². The van der Waals surface area contributed by atoms with Crippen LogP contribution in [0.25, 0.3) is 0 Å². The number of amides is 2. The van der Waals surface area contributed by atoms with Gasteiger partial charge in [-0.05, 0) is 12.1 Å². The summed E-state index contributed by atoms with van der Waals surface area (Å²) in [6.45, 7) is 2.28. The fourth-order valence-electron chi connectivity index (χ4n) is 2.59. The molecule has 0 saturated carbocycles. The van der Waals surface area contributed by atoms with Crippen LogP contribution in [0.1, 0.15) is 12.8 Å². The van der Waals surface area contributed by atoms with Crippen LogP contribution in [0.15, 0.2) is 24.3 Å². The molecule has 108 valence electrons. The Hall–Kier alpha value is -0.910. The zero-order valence-electron chi connectivity index (χ0n) is 11.1. The van der Waals surface area contributed by atoms with Gasteiger partial charge in [0.2, 0.25) is 0 Å². The number of hydrogen-bond acceptors (Lipinski definition) is 3. The molecule has 0 bridgehead atoms. The van der Waals surface area contributed by atoms with Crippen LogP contribution < -0.4 is 5.32 Å². The number of halogens is 1. The number of benzene rings is 1. The van der Waals surface area contributed by atoms with E-state index in [4.69, 9.17) is 16.3 Å². The Balaban J connectivity index is 1.58. The molecule has 2 aliphatic heterocycles. The van der Waals surface area contributed by atoms with Crippen molar-refractivity contribution in [3.05, 3.63) is 29.3 Å². The summed E-state index contributed by atoms with van der Waals surface area (Å²) >= 11 is 7.93. The molecule has 2 fully saturated rings. The van der Waals surface area contributed by atoms with E-state index >= 15 is 0 Å². The highest BCUT2D eigenvalue weighted by Gasteiger charge is 2.40. The molecule has 0 radical (unpaired) electrons. The number of piperidine rings is 1. The molecular formula is C14H17ClN2O2S. The van der Waals surface area contributed by atoms with Crippen molar-refractivity contribution in [2.75, 3.05) is 30.8 Å². The number of rotatable bonds is 1. The SMILES string of the molecule is O=C(Nc1ccccc1Cl)N1CCC2(CC1)OCCS2. The standard InChI is InChI=1S/C14H17ClN2O2S/c15-11-3-1-2-4-12(11)16-13(18)17-7-5-14(6-8-17)19-9-10-20-14/h1-4H,5-10H2,(H,16,18). The first-order valence-corrected chi connectivity index (χ1v) is 8.13. The fraction of sp³-hybridized carbons (Fsp3) is 0.500. The molecule has 2 aliphatic rings. The summed E-state index contributed by atoms with van der Waals surface area (Å²) in [6, 6.07) is 7.19. The minimum absolute atomic E-state index is 0.0405. The lowest BCUT2D eigenvalue weighted by Crippen LogP contribution is -2.46. The van der Waals surface area contributed by atoms with Crippen molar-refractivity contribution in [1.29, 1.82) is 0 Å². The molecule has 2 amide bonds. The number of nitrogens with one attached hydrogen (secondary N) is 1. The van der Waals surface area contributed by atoms with Crippen LogP contribution in [0.5, 0.6) is 0 Å². The van der Waals surface area contributed by atoms with Gasteiger partial charge in [-0.2, -0.15) is 0 Å². The molecule has 1 spiro atoms. The minimum Gasteiger partial charge on any atom is -0.363 e. The van der Waals surface area contributed by atoms with Crippen molar-refractivity contribution in [2.45, 2.75) is 17.8 Å². The van der Waals surface area contributed by atoms with Crippen LogP contribution in [0.2, 0.25) is 5.02 Å². The van der Waals surface area contributed by atoms with Gasteiger partial charge in [0.25, 0.3) is 0 Å². The smallest absolute Gasteiger partial charge is 0.321 e. The molecule has 0 aromatic heterocycles. The summed E-state index contributed by atoms with van der Waals surface area (Å²) in [4.78, 5) is 14.0. The molecule has 2 heterocycles. The Morgan fingerprint density at radius 3 is 2.75 bits per heavy atom. The number of nitrogens with zero attached hydrogens (tertiary/aromatic N) is 1. The lowest BCUT2D eigenvalue weighted by molar-refractivity contribution is 0.0105. The Morgan fingerprint density at radius 1 is 1.35 bits per heavy atom. The predicted molar refractivity (Wildman–Crippen MR) is 82.4 cm³/mol. The second-order valence-corrected chi connectivity index (χ2v) is 6.85. The number of ether oxygens (including phenoxy) is 1. The van der Waals surface area contributed by atoms with Gasteiger partial charge in [-0.1, -0.05) is 23.7 Å². The van der Waals surface area contributed by atoms with Gasteiger partial charge in [-0.25, -0.2) is 4.79 Å². The number of urea groups is 1. The minimum atomic E-state index is -0.0871. The maximum absolute atomic E-state index is 12.2. The summed E-state index contributed by atoms with van der Waals surface area (Å²) in [5, 5.41) is 3.43. The molecule has 1 aromatic rings. The molecule has 0 atom stereocenters. The van der Waals surface area contributed by atoms with Gasteiger partial charge < -0.3 is 15.0 Å². The lowest BCUT2D eigenvalue weighted by Gasteiger charge is -2.37. The van der Waals surface area contributed by atoms with Gasteiger partial charge >= 0.3 is 6.03 Å². The predicted octanol–water partition coefficient (Wildman–Crippen LogP) is 3.43. The van der Waals surface area contributed by atoms with Crippen LogP contribution >= 0.6 is 23.4 Å². The maximum atomic E-state index is 12.2. The molecule has 2 saturated heterocycles. The summed E-state index contributed by atoms with van der Waals surface area (Å²) in [5.74, 6) is 1.06. The van der Waals surface area contributed by atoms with Crippen LogP contribution in [-0.2, 0) is 4.74 Å². The van der Waals surface area contributed by atoms with Crippen molar-refractivity contribution in [3.63, 3.8) is 0 Å². The van der Waals surface area contributed by atoms with Crippen molar-refractivity contribution < 1.29 is 9.53 Å². The number of carbonyl (C=O) groups is 1. The van der Waals surface area contributed by atoms with Gasteiger partial charge in [-0.3, -0.25) is 0 Å². The van der Waals surface area contributed by atoms with E-state index in [1.165, 1.54) is 0 Å². The molecule has 6 heteroatoms. The van der Waals surface area contributed by atoms with Crippen LogP contribution in [0.4, 0.5) is 10.5 Å². The first-order valence-electron chi connectivity index (χ1n) is 6.77. The van der Waals surface area contributed by atoms with Gasteiger partial charge in [0.15, 0.2) is 0 Å². The maximum Gasteiger partial charge on any atom is 0.321 e. The Bertz CT molecular complexity index is 496. The van der Waals surface area contributed by atoms with E-state index in [2.05, 4.69) is 5.32 Å². The number of carbonyl (C=O) groups excluding carboxylic acids is 1. The van der Waals surface area contributed by atoms with Crippen molar-refractivity contribution in [1.82, 2.24) is 4.90 Å². The molecule has 0 aliphatic carbocycles. The third-order valence-corrected chi connectivity index (χ3v) is 5.49. The fourth-order valence-corrected chi connectivity index (χ4v) is 3.95. The molecule has 3 rings (SSSR count). The Kier molecular flexibility index (Phi) is 4.10. The number of hydrogen-bond donors (Lipinski definition) is 1. The Morgan fingerprint density at radius 2 is 2.10 bits per heavy atom. The van der Waals surface area contributed by atoms with E-state index in [1.54, 1.807) is 6.07 Å². The summed E-state index contributed by atoms with van der Waals surface area (Å²) in [7, 11) is 0. The van der Waals surface area contributed by atoms with E-state index in [0.29, 0.717) is 10.7 Å². The number of anilines is 1. The van der Waals surface area contributed by atoms with E-state index in [9.17, 15) is 4.79 Å². The summed E-state index contributed by atoms with van der Waals surface area (Å²) < 4.78 is 5.83. The van der Waals surface area contributed by atoms with Gasteiger partial charge in [0.1, 0.15) is 4.93 Å². The van der Waals surface area contributed by atoms with Crippen LogP contribution in [-0.4, -0.2) is 41.3 Å². The zero-order valence-corrected chi connectivity index (χ0v) is 12.7. The lowest BCUT2D eigenvalue weighted by atomic mass is 10.1. The van der Waals surface area contributed by atoms with Crippen molar-refractivity contribution >= 4 is 35.1 Å². The average Bonchev–Trinajstić information content (AvgIpc) is 2.90. The summed E-state index contributed by atoms with van der Waals surface area (Å²) in [6.07, 6.45) is 1.79. The van der Waals surface area contributed by atoms with Gasteiger partial charge in [-0.15, -0.1) is 11.8 Å². The highest BCUT2D eigenvalue weighted by atomic mass is 35.5. The second-order valence-electron chi connectivity index (χ2n) is 5.00. The summed E-state index contributed by atoms with van der Waals surface area (Å²) in [5.41, 5.74) is 0.658.